The summed E-state index contributed by atoms with van der Waals surface area (Å²) in [4.78, 5) is 24.3. The van der Waals surface area contributed by atoms with Gasteiger partial charge >= 0.3 is 11.7 Å². The van der Waals surface area contributed by atoms with Gasteiger partial charge in [-0.15, -0.1) is 0 Å². The lowest BCUT2D eigenvalue weighted by Gasteiger charge is -2.08. The summed E-state index contributed by atoms with van der Waals surface area (Å²) in [5.74, 6) is -1.08. The van der Waals surface area contributed by atoms with Crippen molar-refractivity contribution in [2.45, 2.75) is 6.43 Å². The maximum Gasteiger partial charge on any atom is 0.341 e. The first-order valence-corrected chi connectivity index (χ1v) is 5.17. The molecule has 0 spiro atoms. The van der Waals surface area contributed by atoms with Crippen molar-refractivity contribution < 1.29 is 23.2 Å². The zero-order valence-electron chi connectivity index (χ0n) is 8.32. The Labute approximate surface area is 107 Å². The monoisotopic (exact) mass is 358 g/mol. The molecule has 1 aromatic heterocycles. The number of halogens is 3. The Bertz CT molecular complexity index is 481. The Morgan fingerprint density at radius 1 is 1.65 bits per heavy atom. The number of aromatic nitrogens is 1. The molecular weight excluding hydrogens is 353 g/mol. The van der Waals surface area contributed by atoms with Crippen LogP contribution in [-0.4, -0.2) is 23.0 Å². The van der Waals surface area contributed by atoms with Crippen molar-refractivity contribution in [1.29, 1.82) is 0 Å². The molecule has 0 fully saturated rings. The van der Waals surface area contributed by atoms with Crippen LogP contribution in [-0.2, 0) is 4.74 Å². The van der Waals surface area contributed by atoms with Gasteiger partial charge in [0.15, 0.2) is 0 Å². The minimum atomic E-state index is -3.02. The van der Waals surface area contributed by atoms with Crippen molar-refractivity contribution in [3.05, 3.63) is 31.1 Å². The third-order valence-electron chi connectivity index (χ3n) is 1.82. The summed E-state index contributed by atoms with van der Waals surface area (Å²) in [6, 6.07) is 0. The molecule has 0 saturated heterocycles. The van der Waals surface area contributed by atoms with E-state index >= 15 is 0 Å². The summed E-state index contributed by atoms with van der Waals surface area (Å²) in [5, 5.41) is 10.6. The fourth-order valence-corrected chi connectivity index (χ4v) is 1.91. The average Bonchev–Trinajstić information content (AvgIpc) is 2.26. The quantitative estimate of drug-likeness (QED) is 0.359. The van der Waals surface area contributed by atoms with Crippen LogP contribution in [0.2, 0.25) is 0 Å². The van der Waals surface area contributed by atoms with E-state index in [0.717, 1.165) is 7.11 Å². The lowest BCUT2D eigenvalue weighted by molar-refractivity contribution is -0.386. The lowest BCUT2D eigenvalue weighted by Crippen LogP contribution is -2.12. The van der Waals surface area contributed by atoms with Gasteiger partial charge in [0.2, 0.25) is 0 Å². The van der Waals surface area contributed by atoms with Crippen molar-refractivity contribution in [2.24, 2.45) is 0 Å². The molecule has 0 aliphatic rings. The van der Waals surface area contributed by atoms with E-state index in [1.165, 1.54) is 22.6 Å². The highest BCUT2D eigenvalue weighted by Gasteiger charge is 2.29. The summed E-state index contributed by atoms with van der Waals surface area (Å²) >= 11 is 1.44. The third kappa shape index (κ3) is 2.65. The van der Waals surface area contributed by atoms with Gasteiger partial charge in [0.05, 0.1) is 12.0 Å². The number of pyridine rings is 1. The van der Waals surface area contributed by atoms with Crippen LogP contribution < -0.4 is 0 Å². The van der Waals surface area contributed by atoms with Crippen molar-refractivity contribution in [3.8, 4) is 0 Å². The molecule has 6 nitrogen and oxygen atoms in total. The van der Waals surface area contributed by atoms with Crippen molar-refractivity contribution >= 4 is 34.2 Å². The zero-order valence-corrected chi connectivity index (χ0v) is 10.5. The van der Waals surface area contributed by atoms with E-state index in [-0.39, 0.29) is 3.57 Å². The first kappa shape index (κ1) is 13.7. The first-order valence-electron chi connectivity index (χ1n) is 4.09. The number of carbonyl (C=O) groups is 1. The van der Waals surface area contributed by atoms with Gasteiger partial charge in [-0.05, 0) is 22.6 Å². The van der Waals surface area contributed by atoms with Crippen LogP contribution in [0.25, 0.3) is 0 Å². The average molecular weight is 358 g/mol. The van der Waals surface area contributed by atoms with Crippen molar-refractivity contribution in [1.82, 2.24) is 4.98 Å². The Kier molecular flexibility index (Phi) is 4.26. The normalized spacial score (nSPS) is 10.4. The number of ether oxygens (including phenoxy) is 1. The maximum absolute atomic E-state index is 12.6. The number of alkyl halides is 2. The second kappa shape index (κ2) is 5.29. The summed E-state index contributed by atoms with van der Waals surface area (Å²) < 4.78 is 29.3. The van der Waals surface area contributed by atoms with Gasteiger partial charge in [0.25, 0.3) is 6.43 Å². The van der Waals surface area contributed by atoms with Gasteiger partial charge in [0, 0.05) is 0 Å². The van der Waals surface area contributed by atoms with Gasteiger partial charge in [0.1, 0.15) is 21.0 Å². The Hall–Kier alpha value is -1.39. The molecule has 0 aliphatic heterocycles. The summed E-state index contributed by atoms with van der Waals surface area (Å²) in [6.07, 6.45) is -2.33. The molecule has 0 saturated carbocycles. The summed E-state index contributed by atoms with van der Waals surface area (Å²) in [6.45, 7) is 0. The zero-order chi connectivity index (χ0) is 13.2. The van der Waals surface area contributed by atoms with E-state index in [1.54, 1.807) is 0 Å². The molecule has 0 aromatic carbocycles. The second-order valence-electron chi connectivity index (χ2n) is 2.77. The minimum Gasteiger partial charge on any atom is -0.465 e. The molecule has 1 heterocycles. The van der Waals surface area contributed by atoms with Crippen LogP contribution in [0.4, 0.5) is 14.5 Å². The standard InChI is InChI=1S/C8H5F2IN2O4/c1-17-8(14)4-5(11)3(13(15)16)2-12-6(4)7(9)10/h2,7H,1H3. The van der Waals surface area contributed by atoms with Crippen LogP contribution in [0.15, 0.2) is 6.20 Å². The van der Waals surface area contributed by atoms with Crippen LogP contribution >= 0.6 is 22.6 Å². The van der Waals surface area contributed by atoms with Gasteiger partial charge in [-0.1, -0.05) is 0 Å². The Morgan fingerprint density at radius 3 is 2.65 bits per heavy atom. The van der Waals surface area contributed by atoms with Gasteiger partial charge in [-0.3, -0.25) is 10.1 Å². The van der Waals surface area contributed by atoms with E-state index in [9.17, 15) is 23.7 Å². The molecule has 17 heavy (non-hydrogen) atoms. The van der Waals surface area contributed by atoms with Crippen LogP contribution in [0.5, 0.6) is 0 Å². The molecule has 92 valence electrons. The second-order valence-corrected chi connectivity index (χ2v) is 3.85. The molecule has 9 heteroatoms. The van der Waals surface area contributed by atoms with Crippen LogP contribution in [0.3, 0.4) is 0 Å². The molecule has 1 rings (SSSR count). The van der Waals surface area contributed by atoms with E-state index < -0.39 is 34.3 Å². The predicted molar refractivity (Wildman–Crippen MR) is 59.9 cm³/mol. The van der Waals surface area contributed by atoms with Crippen molar-refractivity contribution in [3.63, 3.8) is 0 Å². The van der Waals surface area contributed by atoms with E-state index in [0.29, 0.717) is 6.20 Å². The number of hydrogen-bond donors (Lipinski definition) is 0. The van der Waals surface area contributed by atoms with Gasteiger partial charge < -0.3 is 4.74 Å². The maximum atomic E-state index is 12.6. The van der Waals surface area contributed by atoms with Crippen LogP contribution in [0, 0.1) is 13.7 Å². The fourth-order valence-electron chi connectivity index (χ4n) is 1.08. The number of esters is 1. The van der Waals surface area contributed by atoms with Gasteiger partial charge in [-0.25, -0.2) is 18.6 Å². The highest BCUT2D eigenvalue weighted by Crippen LogP contribution is 2.30. The molecule has 0 aliphatic carbocycles. The number of carbonyl (C=O) groups excluding carboxylic acids is 1. The third-order valence-corrected chi connectivity index (χ3v) is 2.91. The Morgan fingerprint density at radius 2 is 2.24 bits per heavy atom. The molecule has 0 radical (unpaired) electrons. The topological polar surface area (TPSA) is 82.3 Å². The number of hydrogen-bond acceptors (Lipinski definition) is 5. The summed E-state index contributed by atoms with van der Waals surface area (Å²) in [5.41, 5.74) is -1.92. The molecule has 0 atom stereocenters. The molecule has 0 amide bonds. The highest BCUT2D eigenvalue weighted by molar-refractivity contribution is 14.1. The molecular formula is C8H5F2IN2O4. The first-order chi connectivity index (χ1) is 7.90. The Balaban J connectivity index is 3.53. The van der Waals surface area contributed by atoms with Crippen molar-refractivity contribution in [2.75, 3.05) is 7.11 Å². The van der Waals surface area contributed by atoms with E-state index in [1.807, 2.05) is 0 Å². The predicted octanol–water partition coefficient (Wildman–Crippen LogP) is 2.32. The lowest BCUT2D eigenvalue weighted by atomic mass is 10.2. The number of nitrogens with zero attached hydrogens (tertiary/aromatic N) is 2. The number of nitro groups is 1. The smallest absolute Gasteiger partial charge is 0.341 e. The van der Waals surface area contributed by atoms with E-state index in [2.05, 4.69) is 9.72 Å². The SMILES string of the molecule is COC(=O)c1c(C(F)F)ncc([N+](=O)[O-])c1I. The minimum absolute atomic E-state index is 0.218. The molecule has 0 N–H and O–H groups in total. The highest BCUT2D eigenvalue weighted by atomic mass is 127. The fraction of sp³-hybridized carbons (Fsp3) is 0.250. The van der Waals surface area contributed by atoms with Crippen LogP contribution in [0.1, 0.15) is 22.5 Å². The molecule has 1 aromatic rings. The number of methoxy groups -OCH3 is 1. The van der Waals surface area contributed by atoms with E-state index in [4.69, 9.17) is 0 Å². The molecule has 0 unspecified atom stereocenters. The summed E-state index contributed by atoms with van der Waals surface area (Å²) in [7, 11) is 0.993. The molecule has 0 bridgehead atoms. The van der Waals surface area contributed by atoms with Gasteiger partial charge in [-0.2, -0.15) is 0 Å². The largest absolute Gasteiger partial charge is 0.465 e. The number of rotatable bonds is 3.